The maximum atomic E-state index is 13.5. The fraction of sp³-hybridized carbons (Fsp3) is 0.500. The summed E-state index contributed by atoms with van der Waals surface area (Å²) in [6.45, 7) is 1.81. The number of hydrogen-bond donors (Lipinski definition) is 2. The minimum absolute atomic E-state index is 0.0767. The van der Waals surface area contributed by atoms with Crippen molar-refractivity contribution >= 4 is 0 Å². The monoisotopic (exact) mass is 265 g/mol. The first kappa shape index (κ1) is 14.9. The van der Waals surface area contributed by atoms with Gasteiger partial charge in [0.25, 0.3) is 0 Å². The smallest absolute Gasteiger partial charge is 0.388 e. The van der Waals surface area contributed by atoms with Gasteiger partial charge in [-0.2, -0.15) is 13.2 Å². The number of hydrogen-bond acceptors (Lipinski definition) is 2. The van der Waals surface area contributed by atoms with Crippen LogP contribution in [0.15, 0.2) is 18.2 Å². The third-order valence-electron chi connectivity index (χ3n) is 2.92. The molecule has 0 aliphatic rings. The summed E-state index contributed by atoms with van der Waals surface area (Å²) in [6.07, 6.45) is -5.44. The fourth-order valence-electron chi connectivity index (χ4n) is 1.72. The van der Waals surface area contributed by atoms with Crippen LogP contribution in [-0.4, -0.2) is 11.7 Å². The van der Waals surface area contributed by atoms with E-state index in [1.807, 2.05) is 0 Å². The van der Waals surface area contributed by atoms with E-state index in [9.17, 15) is 22.7 Å². The number of halogens is 4. The van der Waals surface area contributed by atoms with Crippen LogP contribution in [0.4, 0.5) is 17.6 Å². The highest BCUT2D eigenvalue weighted by atomic mass is 19.4. The molecule has 0 saturated carbocycles. The molecule has 0 aromatic heterocycles. The van der Waals surface area contributed by atoms with Crippen molar-refractivity contribution in [2.75, 3.05) is 6.54 Å². The van der Waals surface area contributed by atoms with E-state index in [1.165, 1.54) is 0 Å². The van der Waals surface area contributed by atoms with Crippen molar-refractivity contribution in [1.29, 1.82) is 0 Å². The first-order valence-electron chi connectivity index (χ1n) is 5.56. The summed E-state index contributed by atoms with van der Waals surface area (Å²) >= 11 is 0. The molecular formula is C12H15F4NO. The number of nitrogens with two attached hydrogens (primary N) is 1. The maximum absolute atomic E-state index is 13.5. The van der Waals surface area contributed by atoms with E-state index in [1.54, 1.807) is 6.92 Å². The molecule has 0 heterocycles. The van der Waals surface area contributed by atoms with Gasteiger partial charge in [0.05, 0.1) is 11.7 Å². The van der Waals surface area contributed by atoms with Gasteiger partial charge in [0.2, 0.25) is 0 Å². The average molecular weight is 265 g/mol. The Balaban J connectivity index is 3.15. The summed E-state index contributed by atoms with van der Waals surface area (Å²) in [5.74, 6) is -1.33. The molecule has 0 spiro atoms. The van der Waals surface area contributed by atoms with Crippen LogP contribution in [0.2, 0.25) is 0 Å². The van der Waals surface area contributed by atoms with E-state index >= 15 is 0 Å². The van der Waals surface area contributed by atoms with Crippen LogP contribution in [0, 0.1) is 11.7 Å². The molecule has 0 aliphatic heterocycles. The second-order valence-corrected chi connectivity index (χ2v) is 4.08. The summed E-state index contributed by atoms with van der Waals surface area (Å²) in [4.78, 5) is 0. The minimum atomic E-state index is -4.56. The van der Waals surface area contributed by atoms with Gasteiger partial charge in [-0.1, -0.05) is 6.92 Å². The molecule has 0 aliphatic carbocycles. The van der Waals surface area contributed by atoms with E-state index in [2.05, 4.69) is 0 Å². The van der Waals surface area contributed by atoms with E-state index in [0.717, 1.165) is 0 Å². The van der Waals surface area contributed by atoms with Gasteiger partial charge >= 0.3 is 6.18 Å². The van der Waals surface area contributed by atoms with E-state index in [0.29, 0.717) is 24.6 Å². The van der Waals surface area contributed by atoms with Gasteiger partial charge in [0, 0.05) is 11.5 Å². The topological polar surface area (TPSA) is 46.2 Å². The molecule has 0 amide bonds. The standard InChI is InChI=1S/C12H15F4NO/c1-2-7(6-17)11(18)9-5-8(12(14,15)16)3-4-10(9)13/h3-5,7,11,18H,2,6,17H2,1H3. The van der Waals surface area contributed by atoms with Crippen molar-refractivity contribution in [3.63, 3.8) is 0 Å². The summed E-state index contributed by atoms with van der Waals surface area (Å²) in [6, 6.07) is 2.00. The van der Waals surface area contributed by atoms with Gasteiger partial charge in [0.1, 0.15) is 5.82 Å². The van der Waals surface area contributed by atoms with Crippen molar-refractivity contribution in [3.05, 3.63) is 35.1 Å². The summed E-state index contributed by atoms with van der Waals surface area (Å²) in [5, 5.41) is 9.86. The predicted molar refractivity (Wildman–Crippen MR) is 59.2 cm³/mol. The molecular weight excluding hydrogens is 250 g/mol. The van der Waals surface area contributed by atoms with Crippen LogP contribution in [0.5, 0.6) is 0 Å². The SMILES string of the molecule is CCC(CN)C(O)c1cc(C(F)(F)F)ccc1F. The second-order valence-electron chi connectivity index (χ2n) is 4.08. The second kappa shape index (κ2) is 5.67. The third-order valence-corrected chi connectivity index (χ3v) is 2.92. The van der Waals surface area contributed by atoms with Gasteiger partial charge in [-0.15, -0.1) is 0 Å². The van der Waals surface area contributed by atoms with Crippen LogP contribution in [-0.2, 0) is 6.18 Å². The van der Waals surface area contributed by atoms with Crippen molar-refractivity contribution in [3.8, 4) is 0 Å². The fourth-order valence-corrected chi connectivity index (χ4v) is 1.72. The molecule has 1 rings (SSSR count). The van der Waals surface area contributed by atoms with E-state index < -0.39 is 29.6 Å². The first-order valence-corrected chi connectivity index (χ1v) is 5.56. The van der Waals surface area contributed by atoms with Crippen molar-refractivity contribution in [2.45, 2.75) is 25.6 Å². The zero-order valence-electron chi connectivity index (χ0n) is 9.84. The van der Waals surface area contributed by atoms with Gasteiger partial charge in [-0.25, -0.2) is 4.39 Å². The number of aliphatic hydroxyl groups excluding tert-OH is 1. The summed E-state index contributed by atoms with van der Waals surface area (Å²) in [7, 11) is 0. The Kier molecular flexibility index (Phi) is 4.70. The lowest BCUT2D eigenvalue weighted by molar-refractivity contribution is -0.137. The van der Waals surface area contributed by atoms with Gasteiger partial charge < -0.3 is 10.8 Å². The molecule has 3 N–H and O–H groups in total. The Morgan fingerprint density at radius 2 is 1.94 bits per heavy atom. The highest BCUT2D eigenvalue weighted by Gasteiger charge is 2.32. The zero-order chi connectivity index (χ0) is 13.9. The molecule has 1 aromatic carbocycles. The molecule has 0 bridgehead atoms. The highest BCUT2D eigenvalue weighted by Crippen LogP contribution is 2.33. The Labute approximate surface area is 102 Å². The van der Waals surface area contributed by atoms with Gasteiger partial charge in [-0.3, -0.25) is 0 Å². The first-order chi connectivity index (χ1) is 8.31. The van der Waals surface area contributed by atoms with Crippen LogP contribution >= 0.6 is 0 Å². The van der Waals surface area contributed by atoms with E-state index in [4.69, 9.17) is 5.73 Å². The van der Waals surface area contributed by atoms with Gasteiger partial charge in [0.15, 0.2) is 0 Å². The van der Waals surface area contributed by atoms with E-state index in [-0.39, 0.29) is 12.1 Å². The maximum Gasteiger partial charge on any atom is 0.416 e. The number of alkyl halides is 3. The molecule has 0 saturated heterocycles. The normalized spacial score (nSPS) is 15.5. The molecule has 2 atom stereocenters. The molecule has 102 valence electrons. The number of aliphatic hydroxyl groups is 1. The molecule has 1 aromatic rings. The van der Waals surface area contributed by atoms with Crippen LogP contribution in [0.3, 0.4) is 0 Å². The Bertz CT molecular complexity index is 402. The predicted octanol–water partition coefficient (Wildman–Crippen LogP) is 2.86. The average Bonchev–Trinajstić information content (AvgIpc) is 2.29. The summed E-state index contributed by atoms with van der Waals surface area (Å²) < 4.78 is 51.0. The highest BCUT2D eigenvalue weighted by molar-refractivity contribution is 5.29. The molecule has 0 radical (unpaired) electrons. The lowest BCUT2D eigenvalue weighted by Crippen LogP contribution is -2.22. The Morgan fingerprint density at radius 1 is 1.33 bits per heavy atom. The summed E-state index contributed by atoms with van der Waals surface area (Å²) in [5.41, 5.74) is 4.05. The largest absolute Gasteiger partial charge is 0.416 e. The van der Waals surface area contributed by atoms with Crippen LogP contribution < -0.4 is 5.73 Å². The van der Waals surface area contributed by atoms with Gasteiger partial charge in [-0.05, 0) is 31.2 Å². The Hall–Kier alpha value is -1.14. The van der Waals surface area contributed by atoms with Crippen molar-refractivity contribution in [1.82, 2.24) is 0 Å². The van der Waals surface area contributed by atoms with Crippen molar-refractivity contribution < 1.29 is 22.7 Å². The Morgan fingerprint density at radius 3 is 2.39 bits per heavy atom. The lowest BCUT2D eigenvalue weighted by atomic mass is 9.92. The molecule has 0 fully saturated rings. The molecule has 2 nitrogen and oxygen atoms in total. The number of benzene rings is 1. The zero-order valence-corrected chi connectivity index (χ0v) is 9.84. The minimum Gasteiger partial charge on any atom is -0.388 e. The molecule has 18 heavy (non-hydrogen) atoms. The number of rotatable bonds is 4. The third kappa shape index (κ3) is 3.20. The molecule has 2 unspecified atom stereocenters. The molecule has 6 heteroatoms. The van der Waals surface area contributed by atoms with Crippen LogP contribution in [0.1, 0.15) is 30.6 Å². The lowest BCUT2D eigenvalue weighted by Gasteiger charge is -2.21. The quantitative estimate of drug-likeness (QED) is 0.822. The van der Waals surface area contributed by atoms with Crippen LogP contribution in [0.25, 0.3) is 0 Å². The van der Waals surface area contributed by atoms with Crippen molar-refractivity contribution in [2.24, 2.45) is 11.7 Å².